The summed E-state index contributed by atoms with van der Waals surface area (Å²) in [6.07, 6.45) is 0.864. The van der Waals surface area contributed by atoms with E-state index in [9.17, 15) is 9.59 Å². The third kappa shape index (κ3) is 2.67. The van der Waals surface area contributed by atoms with Crippen molar-refractivity contribution in [3.8, 4) is 0 Å². The number of hydrogen-bond donors (Lipinski definition) is 1. The van der Waals surface area contributed by atoms with Crippen molar-refractivity contribution in [2.24, 2.45) is 5.92 Å². The average molecular weight is 390 g/mol. The summed E-state index contributed by atoms with van der Waals surface area (Å²) < 4.78 is 6.53. The van der Waals surface area contributed by atoms with Crippen molar-refractivity contribution in [1.82, 2.24) is 14.9 Å². The number of fused-ring (bicyclic) bond motifs is 3. The molecule has 1 unspecified atom stereocenters. The Kier molecular flexibility index (Phi) is 3.77. The monoisotopic (exact) mass is 389 g/mol. The highest BCUT2D eigenvalue weighted by Gasteiger charge is 2.26. The summed E-state index contributed by atoms with van der Waals surface area (Å²) in [6, 6.07) is 5.59. The summed E-state index contributed by atoms with van der Waals surface area (Å²) in [5.74, 6) is 0.908. The summed E-state index contributed by atoms with van der Waals surface area (Å²) in [5, 5.41) is 0.815. The molecule has 6 nitrogen and oxygen atoms in total. The van der Waals surface area contributed by atoms with Crippen molar-refractivity contribution in [3.63, 3.8) is 0 Å². The summed E-state index contributed by atoms with van der Waals surface area (Å²) >= 11 is 3.44. The van der Waals surface area contributed by atoms with Crippen LogP contribution in [0.15, 0.2) is 31.9 Å². The highest BCUT2D eigenvalue weighted by Crippen LogP contribution is 2.28. The van der Waals surface area contributed by atoms with Gasteiger partial charge in [0, 0.05) is 22.3 Å². The van der Waals surface area contributed by atoms with Crippen molar-refractivity contribution >= 4 is 43.8 Å². The fourth-order valence-electron chi connectivity index (χ4n) is 3.27. The lowest BCUT2D eigenvalue weighted by Crippen LogP contribution is -2.24. The lowest BCUT2D eigenvalue weighted by atomic mass is 10.1. The predicted molar refractivity (Wildman–Crippen MR) is 93.9 cm³/mol. The quantitative estimate of drug-likeness (QED) is 0.744. The number of aromatic amines is 1. The summed E-state index contributed by atoms with van der Waals surface area (Å²) in [6.45, 7) is 3.71. The van der Waals surface area contributed by atoms with Crippen molar-refractivity contribution in [2.45, 2.75) is 19.9 Å². The summed E-state index contributed by atoms with van der Waals surface area (Å²) in [4.78, 5) is 33.4. The van der Waals surface area contributed by atoms with E-state index in [0.29, 0.717) is 23.5 Å². The van der Waals surface area contributed by atoms with Crippen LogP contribution in [0.1, 0.15) is 19.2 Å². The molecule has 2 aromatic heterocycles. The SMILES string of the molecule is CC(=O)C1CCN(Cc2nc3c(oc4ccc(Br)cc43)c(=O)[nH]2)C1. The van der Waals surface area contributed by atoms with Crippen molar-refractivity contribution in [1.29, 1.82) is 0 Å². The van der Waals surface area contributed by atoms with Gasteiger partial charge in [0.15, 0.2) is 0 Å². The number of H-pyrrole nitrogens is 1. The van der Waals surface area contributed by atoms with Crippen molar-refractivity contribution < 1.29 is 9.21 Å². The molecule has 0 spiro atoms. The Morgan fingerprint density at radius 1 is 1.50 bits per heavy atom. The highest BCUT2D eigenvalue weighted by atomic mass is 79.9. The molecule has 1 atom stereocenters. The number of Topliss-reactive ketones (excluding diaryl/α,β-unsaturated/α-hetero) is 1. The Morgan fingerprint density at radius 3 is 3.08 bits per heavy atom. The molecule has 0 aliphatic carbocycles. The predicted octanol–water partition coefficient (Wildman–Crippen LogP) is 2.84. The molecule has 3 heterocycles. The number of nitrogens with one attached hydrogen (secondary N) is 1. The van der Waals surface area contributed by atoms with Crippen molar-refractivity contribution in [2.75, 3.05) is 13.1 Å². The molecule has 24 heavy (non-hydrogen) atoms. The van der Waals surface area contributed by atoms with Gasteiger partial charge in [0.25, 0.3) is 5.56 Å². The Morgan fingerprint density at radius 2 is 2.33 bits per heavy atom. The summed E-state index contributed by atoms with van der Waals surface area (Å²) in [5.41, 5.74) is 1.19. The number of nitrogens with zero attached hydrogens (tertiary/aromatic N) is 2. The molecule has 0 amide bonds. The van der Waals surface area contributed by atoms with Crippen LogP contribution < -0.4 is 5.56 Å². The van der Waals surface area contributed by atoms with Crippen LogP contribution in [0.2, 0.25) is 0 Å². The highest BCUT2D eigenvalue weighted by molar-refractivity contribution is 9.10. The largest absolute Gasteiger partial charge is 0.449 e. The van der Waals surface area contributed by atoms with Gasteiger partial charge in [-0.2, -0.15) is 0 Å². The number of aromatic nitrogens is 2. The van der Waals surface area contributed by atoms with Gasteiger partial charge in [-0.25, -0.2) is 4.98 Å². The van der Waals surface area contributed by atoms with Gasteiger partial charge in [-0.3, -0.25) is 14.5 Å². The number of rotatable bonds is 3. The lowest BCUT2D eigenvalue weighted by Gasteiger charge is -2.14. The van der Waals surface area contributed by atoms with E-state index in [0.717, 1.165) is 29.4 Å². The van der Waals surface area contributed by atoms with Crippen molar-refractivity contribution in [3.05, 3.63) is 38.9 Å². The van der Waals surface area contributed by atoms with Crippen LogP contribution in [0.5, 0.6) is 0 Å². The number of carbonyl (C=O) groups excluding carboxylic acids is 1. The molecule has 124 valence electrons. The van der Waals surface area contributed by atoms with Gasteiger partial charge >= 0.3 is 0 Å². The van der Waals surface area contributed by atoms with Gasteiger partial charge in [0.1, 0.15) is 22.7 Å². The molecule has 1 N–H and O–H groups in total. The lowest BCUT2D eigenvalue weighted by molar-refractivity contribution is -0.120. The average Bonchev–Trinajstić information content (AvgIpc) is 3.13. The summed E-state index contributed by atoms with van der Waals surface area (Å²) in [7, 11) is 0. The Balaban J connectivity index is 1.72. The number of hydrogen-bond acceptors (Lipinski definition) is 5. The normalized spacial score (nSPS) is 18.7. The Labute approximate surface area is 146 Å². The molecule has 0 radical (unpaired) electrons. The molecule has 1 saturated heterocycles. The Bertz CT molecular complexity index is 1010. The Hall–Kier alpha value is -1.99. The third-order valence-corrected chi connectivity index (χ3v) is 5.05. The van der Waals surface area contributed by atoms with E-state index in [1.54, 1.807) is 6.92 Å². The van der Waals surface area contributed by atoms with Crippen LogP contribution >= 0.6 is 15.9 Å². The molecule has 0 saturated carbocycles. The molecule has 4 rings (SSSR count). The van der Waals surface area contributed by atoms with Gasteiger partial charge in [0.05, 0.1) is 6.54 Å². The number of likely N-dealkylation sites (tertiary alicyclic amines) is 1. The molecule has 1 aliphatic rings. The number of halogens is 1. The van der Waals surface area contributed by atoms with Crippen LogP contribution in [-0.4, -0.2) is 33.7 Å². The first-order chi connectivity index (χ1) is 11.5. The molecular formula is C17H16BrN3O3. The fourth-order valence-corrected chi connectivity index (χ4v) is 3.63. The van der Waals surface area contributed by atoms with Gasteiger partial charge in [-0.1, -0.05) is 15.9 Å². The van der Waals surface area contributed by atoms with Crippen LogP contribution in [0.3, 0.4) is 0 Å². The number of benzene rings is 1. The molecule has 1 fully saturated rings. The maximum atomic E-state index is 12.3. The number of furan rings is 1. The first kappa shape index (κ1) is 15.5. The zero-order valence-corrected chi connectivity index (χ0v) is 14.7. The van der Waals surface area contributed by atoms with Gasteiger partial charge < -0.3 is 9.40 Å². The van der Waals surface area contributed by atoms with Gasteiger partial charge in [0.2, 0.25) is 5.58 Å². The second kappa shape index (κ2) is 5.82. The van der Waals surface area contributed by atoms with Gasteiger partial charge in [-0.05, 0) is 38.1 Å². The second-order valence-corrected chi connectivity index (χ2v) is 7.18. The van der Waals surface area contributed by atoms with E-state index in [-0.39, 0.29) is 22.8 Å². The van der Waals surface area contributed by atoms with Gasteiger partial charge in [-0.15, -0.1) is 0 Å². The van der Waals surface area contributed by atoms with Crippen LogP contribution in [0, 0.1) is 5.92 Å². The van der Waals surface area contributed by atoms with Crippen LogP contribution in [0.25, 0.3) is 22.1 Å². The topological polar surface area (TPSA) is 79.2 Å². The number of carbonyl (C=O) groups is 1. The molecule has 1 aromatic carbocycles. The van der Waals surface area contributed by atoms with E-state index in [1.807, 2.05) is 18.2 Å². The first-order valence-corrected chi connectivity index (χ1v) is 8.64. The fraction of sp³-hybridized carbons (Fsp3) is 0.353. The third-order valence-electron chi connectivity index (χ3n) is 4.56. The smallest absolute Gasteiger partial charge is 0.294 e. The second-order valence-electron chi connectivity index (χ2n) is 6.26. The standard InChI is InChI=1S/C17H16BrN3O3/c1-9(22)10-4-5-21(7-10)8-14-19-15-12-6-11(18)2-3-13(12)24-16(15)17(23)20-14/h2-3,6,10H,4-5,7-8H2,1H3,(H,19,20,23). The first-order valence-electron chi connectivity index (χ1n) is 7.85. The zero-order valence-electron chi connectivity index (χ0n) is 13.1. The minimum atomic E-state index is -0.273. The van der Waals surface area contributed by atoms with E-state index in [2.05, 4.69) is 30.8 Å². The molecule has 0 bridgehead atoms. The molecular weight excluding hydrogens is 374 g/mol. The van der Waals surface area contributed by atoms with E-state index in [4.69, 9.17) is 4.42 Å². The molecule has 7 heteroatoms. The minimum Gasteiger partial charge on any atom is -0.449 e. The maximum absolute atomic E-state index is 12.3. The molecule has 3 aromatic rings. The van der Waals surface area contributed by atoms with E-state index >= 15 is 0 Å². The van der Waals surface area contributed by atoms with Crippen LogP contribution in [-0.2, 0) is 11.3 Å². The zero-order chi connectivity index (χ0) is 16.8. The maximum Gasteiger partial charge on any atom is 0.294 e. The molecule has 1 aliphatic heterocycles. The van der Waals surface area contributed by atoms with Crippen LogP contribution in [0.4, 0.5) is 0 Å². The minimum absolute atomic E-state index is 0.0890. The van der Waals surface area contributed by atoms with E-state index < -0.39 is 0 Å². The number of ketones is 1. The van der Waals surface area contributed by atoms with E-state index in [1.165, 1.54) is 0 Å².